The lowest BCUT2D eigenvalue weighted by atomic mass is 10.1. The zero-order valence-electron chi connectivity index (χ0n) is 18.1. The number of piperazine rings is 1. The van der Waals surface area contributed by atoms with Crippen molar-refractivity contribution in [2.24, 2.45) is 0 Å². The van der Waals surface area contributed by atoms with Gasteiger partial charge in [-0.2, -0.15) is 4.98 Å². The summed E-state index contributed by atoms with van der Waals surface area (Å²) in [4.78, 5) is 28.8. The second-order valence-corrected chi connectivity index (χ2v) is 8.17. The van der Waals surface area contributed by atoms with E-state index in [0.717, 1.165) is 68.5 Å². The molecule has 2 fully saturated rings. The molecule has 0 aromatic carbocycles. The SMILES string of the molecule is Cc1cc(=O)n(C2CCCC2)c2nc(Nc3ccc(N4CCNCC4)cn3)ncc12.Cl.Cl. The van der Waals surface area contributed by atoms with Gasteiger partial charge < -0.3 is 15.5 Å². The topological polar surface area (TPSA) is 88.0 Å². The molecule has 2 N–H and O–H groups in total. The maximum atomic E-state index is 12.8. The molecule has 0 unspecified atom stereocenters. The number of hydrogen-bond donors (Lipinski definition) is 2. The second-order valence-electron chi connectivity index (χ2n) is 8.17. The van der Waals surface area contributed by atoms with Gasteiger partial charge in [0.2, 0.25) is 5.95 Å². The van der Waals surface area contributed by atoms with Gasteiger partial charge in [-0.25, -0.2) is 9.97 Å². The van der Waals surface area contributed by atoms with Crippen LogP contribution in [-0.4, -0.2) is 45.7 Å². The normalized spacial score (nSPS) is 16.5. The van der Waals surface area contributed by atoms with Gasteiger partial charge in [-0.15, -0.1) is 24.8 Å². The Morgan fingerprint density at radius 2 is 1.81 bits per heavy atom. The number of pyridine rings is 2. The van der Waals surface area contributed by atoms with Crippen molar-refractivity contribution in [3.8, 4) is 0 Å². The van der Waals surface area contributed by atoms with Gasteiger partial charge >= 0.3 is 0 Å². The molecule has 5 rings (SSSR count). The molecule has 0 spiro atoms. The molecule has 1 saturated heterocycles. The summed E-state index contributed by atoms with van der Waals surface area (Å²) in [5.41, 5.74) is 2.76. The predicted octanol–water partition coefficient (Wildman–Crippen LogP) is 3.61. The molecule has 172 valence electrons. The van der Waals surface area contributed by atoms with E-state index in [-0.39, 0.29) is 36.4 Å². The van der Waals surface area contributed by atoms with Crippen LogP contribution >= 0.6 is 24.8 Å². The van der Waals surface area contributed by atoms with E-state index in [1.54, 1.807) is 12.3 Å². The number of nitrogens with zero attached hydrogens (tertiary/aromatic N) is 5. The Labute approximate surface area is 199 Å². The number of aryl methyl sites for hydroxylation is 1. The molecular formula is C22H29Cl2N7O. The summed E-state index contributed by atoms with van der Waals surface area (Å²) in [6.45, 7) is 5.90. The van der Waals surface area contributed by atoms with E-state index in [4.69, 9.17) is 4.98 Å². The van der Waals surface area contributed by atoms with Gasteiger partial charge in [-0.3, -0.25) is 9.36 Å². The average Bonchev–Trinajstić information content (AvgIpc) is 3.29. The maximum absolute atomic E-state index is 12.8. The first kappa shape index (κ1) is 24.2. The molecular weight excluding hydrogens is 449 g/mol. The average molecular weight is 478 g/mol. The van der Waals surface area contributed by atoms with E-state index in [1.807, 2.05) is 23.8 Å². The minimum absolute atomic E-state index is 0. The van der Waals surface area contributed by atoms with Crippen molar-refractivity contribution in [1.82, 2.24) is 24.8 Å². The Morgan fingerprint density at radius 1 is 1.06 bits per heavy atom. The molecule has 0 amide bonds. The number of fused-ring (bicyclic) bond motifs is 1. The number of nitrogens with one attached hydrogen (secondary N) is 2. The fraction of sp³-hybridized carbons (Fsp3) is 0.455. The van der Waals surface area contributed by atoms with E-state index in [2.05, 4.69) is 31.6 Å². The summed E-state index contributed by atoms with van der Waals surface area (Å²) in [6.07, 6.45) is 8.06. The Morgan fingerprint density at radius 3 is 2.50 bits per heavy atom. The number of halogens is 2. The third-order valence-corrected chi connectivity index (χ3v) is 6.16. The van der Waals surface area contributed by atoms with Crippen LogP contribution < -0.4 is 21.1 Å². The molecule has 0 radical (unpaired) electrons. The van der Waals surface area contributed by atoms with Crippen LogP contribution in [0.1, 0.15) is 37.3 Å². The van der Waals surface area contributed by atoms with Crippen molar-refractivity contribution >= 4 is 53.3 Å². The molecule has 32 heavy (non-hydrogen) atoms. The summed E-state index contributed by atoms with van der Waals surface area (Å²) >= 11 is 0. The zero-order chi connectivity index (χ0) is 20.5. The minimum atomic E-state index is 0. The molecule has 0 atom stereocenters. The van der Waals surface area contributed by atoms with E-state index in [0.29, 0.717) is 17.4 Å². The van der Waals surface area contributed by atoms with Gasteiger partial charge in [-0.1, -0.05) is 12.8 Å². The lowest BCUT2D eigenvalue weighted by Gasteiger charge is -2.29. The number of hydrogen-bond acceptors (Lipinski definition) is 7. The molecule has 1 aliphatic heterocycles. The van der Waals surface area contributed by atoms with E-state index >= 15 is 0 Å². The molecule has 1 aliphatic carbocycles. The monoisotopic (exact) mass is 477 g/mol. The third-order valence-electron chi connectivity index (χ3n) is 6.16. The Hall–Kier alpha value is -2.42. The van der Waals surface area contributed by atoms with Crippen molar-refractivity contribution < 1.29 is 0 Å². The van der Waals surface area contributed by atoms with Crippen LogP contribution in [-0.2, 0) is 0 Å². The number of anilines is 3. The van der Waals surface area contributed by atoms with Gasteiger partial charge in [0.1, 0.15) is 11.5 Å². The highest BCUT2D eigenvalue weighted by atomic mass is 35.5. The first-order valence-electron chi connectivity index (χ1n) is 10.8. The van der Waals surface area contributed by atoms with Crippen molar-refractivity contribution in [2.45, 2.75) is 38.6 Å². The zero-order valence-corrected chi connectivity index (χ0v) is 19.7. The molecule has 3 aromatic rings. The maximum Gasteiger partial charge on any atom is 0.252 e. The van der Waals surface area contributed by atoms with Crippen molar-refractivity contribution in [3.05, 3.63) is 46.5 Å². The van der Waals surface area contributed by atoms with E-state index < -0.39 is 0 Å². The molecule has 4 heterocycles. The predicted molar refractivity (Wildman–Crippen MR) is 133 cm³/mol. The lowest BCUT2D eigenvalue weighted by molar-refractivity contribution is 0.515. The summed E-state index contributed by atoms with van der Waals surface area (Å²) in [5, 5.41) is 7.49. The lowest BCUT2D eigenvalue weighted by Crippen LogP contribution is -2.43. The van der Waals surface area contributed by atoms with Gasteiger partial charge in [0, 0.05) is 49.9 Å². The number of aromatic nitrogens is 4. The smallest absolute Gasteiger partial charge is 0.252 e. The quantitative estimate of drug-likeness (QED) is 0.593. The fourth-order valence-corrected chi connectivity index (χ4v) is 4.53. The fourth-order valence-electron chi connectivity index (χ4n) is 4.53. The molecule has 2 aliphatic rings. The summed E-state index contributed by atoms with van der Waals surface area (Å²) in [6, 6.07) is 5.94. The van der Waals surface area contributed by atoms with Crippen LogP contribution in [0, 0.1) is 6.92 Å². The largest absolute Gasteiger partial charge is 0.368 e. The Balaban J connectivity index is 0.00000144. The Kier molecular flexibility index (Phi) is 7.92. The summed E-state index contributed by atoms with van der Waals surface area (Å²) in [5.74, 6) is 1.15. The minimum Gasteiger partial charge on any atom is -0.368 e. The first-order valence-corrected chi connectivity index (χ1v) is 10.8. The molecule has 0 bridgehead atoms. The molecule has 8 nitrogen and oxygen atoms in total. The first-order chi connectivity index (χ1) is 14.7. The van der Waals surface area contributed by atoms with Crippen molar-refractivity contribution in [1.29, 1.82) is 0 Å². The van der Waals surface area contributed by atoms with Crippen LogP contribution in [0.2, 0.25) is 0 Å². The summed E-state index contributed by atoms with van der Waals surface area (Å²) < 4.78 is 1.86. The third kappa shape index (κ3) is 4.82. The van der Waals surface area contributed by atoms with E-state index in [9.17, 15) is 4.79 Å². The van der Waals surface area contributed by atoms with Gasteiger partial charge in [-0.05, 0) is 37.5 Å². The van der Waals surface area contributed by atoms with Crippen molar-refractivity contribution in [2.75, 3.05) is 36.4 Å². The highest BCUT2D eigenvalue weighted by molar-refractivity contribution is 5.85. The molecule has 1 saturated carbocycles. The molecule has 10 heteroatoms. The van der Waals surface area contributed by atoms with Gasteiger partial charge in [0.05, 0.1) is 11.9 Å². The van der Waals surface area contributed by atoms with Crippen LogP contribution in [0.5, 0.6) is 0 Å². The molecule has 3 aromatic heterocycles. The van der Waals surface area contributed by atoms with Crippen LogP contribution in [0.4, 0.5) is 17.5 Å². The van der Waals surface area contributed by atoms with Crippen LogP contribution in [0.3, 0.4) is 0 Å². The summed E-state index contributed by atoms with van der Waals surface area (Å²) in [7, 11) is 0. The second kappa shape index (κ2) is 10.5. The number of rotatable bonds is 4. The standard InChI is InChI=1S/C22H27N7O.2ClH/c1-15-12-20(30)29(16-4-2-3-5-16)21-18(15)14-25-22(27-21)26-19-7-6-17(13-24-19)28-10-8-23-9-11-28;;/h6-7,12-14,16,23H,2-5,8-11H2,1H3,(H,24,25,26,27);2*1H. The highest BCUT2D eigenvalue weighted by Gasteiger charge is 2.21. The Bertz CT molecular complexity index is 1110. The van der Waals surface area contributed by atoms with Gasteiger partial charge in [0.25, 0.3) is 5.56 Å². The van der Waals surface area contributed by atoms with E-state index in [1.165, 1.54) is 0 Å². The van der Waals surface area contributed by atoms with Crippen LogP contribution in [0.15, 0.2) is 35.4 Å². The highest BCUT2D eigenvalue weighted by Crippen LogP contribution is 2.31. The van der Waals surface area contributed by atoms with Crippen LogP contribution in [0.25, 0.3) is 11.0 Å². The van der Waals surface area contributed by atoms with Gasteiger partial charge in [0.15, 0.2) is 0 Å². The van der Waals surface area contributed by atoms with Crippen molar-refractivity contribution in [3.63, 3.8) is 0 Å².